The number of rotatable bonds is 5. The van der Waals surface area contributed by atoms with Crippen LogP contribution in [0.2, 0.25) is 0 Å². The Morgan fingerprint density at radius 2 is 1.86 bits per heavy atom. The maximum Gasteiger partial charge on any atom is 0.287 e. The quantitative estimate of drug-likeness (QED) is 0.371. The first kappa shape index (κ1) is 14.9. The van der Waals surface area contributed by atoms with E-state index in [2.05, 4.69) is 35.3 Å². The molecule has 0 spiro atoms. The standard InChI is InChI=1S/C16H12N2O2S2/c19-18(20)14-8-9-16(17-10-14)22-21-11-13-6-3-5-12-4-1-2-7-15(12)13/h1-10H,11H2. The van der Waals surface area contributed by atoms with Gasteiger partial charge in [-0.15, -0.1) is 0 Å². The van der Waals surface area contributed by atoms with Crippen LogP contribution in [-0.2, 0) is 5.75 Å². The summed E-state index contributed by atoms with van der Waals surface area (Å²) in [6, 6.07) is 17.8. The molecule has 1 heterocycles. The molecule has 0 N–H and O–H groups in total. The molecule has 0 aliphatic heterocycles. The third-order valence-corrected chi connectivity index (χ3v) is 5.35. The summed E-state index contributed by atoms with van der Waals surface area (Å²) in [5.74, 6) is 0.852. The number of fused-ring (bicyclic) bond motifs is 1. The summed E-state index contributed by atoms with van der Waals surface area (Å²) in [5.41, 5.74) is 1.29. The zero-order chi connectivity index (χ0) is 15.4. The topological polar surface area (TPSA) is 56.0 Å². The van der Waals surface area contributed by atoms with E-state index >= 15 is 0 Å². The van der Waals surface area contributed by atoms with Crippen LogP contribution in [0, 0.1) is 10.1 Å². The van der Waals surface area contributed by atoms with Crippen molar-refractivity contribution in [3.05, 3.63) is 76.5 Å². The van der Waals surface area contributed by atoms with Crippen LogP contribution in [0.25, 0.3) is 10.8 Å². The molecule has 0 unspecified atom stereocenters. The number of benzene rings is 2. The monoisotopic (exact) mass is 328 g/mol. The highest BCUT2D eigenvalue weighted by Crippen LogP contribution is 2.34. The third kappa shape index (κ3) is 3.40. The van der Waals surface area contributed by atoms with Crippen molar-refractivity contribution in [2.24, 2.45) is 0 Å². The average Bonchev–Trinajstić information content (AvgIpc) is 2.55. The molecule has 0 radical (unpaired) electrons. The van der Waals surface area contributed by atoms with Gasteiger partial charge in [0, 0.05) is 11.8 Å². The Kier molecular flexibility index (Phi) is 4.60. The van der Waals surface area contributed by atoms with Crippen molar-refractivity contribution < 1.29 is 4.92 Å². The summed E-state index contributed by atoms with van der Waals surface area (Å²) in [6.07, 6.45) is 1.29. The maximum atomic E-state index is 10.6. The molecule has 0 saturated heterocycles. The predicted molar refractivity (Wildman–Crippen MR) is 92.0 cm³/mol. The van der Waals surface area contributed by atoms with Crippen LogP contribution in [0.15, 0.2) is 65.8 Å². The molecule has 0 aliphatic carbocycles. The molecule has 0 aliphatic rings. The van der Waals surface area contributed by atoms with Crippen LogP contribution >= 0.6 is 21.6 Å². The molecular weight excluding hydrogens is 316 g/mol. The van der Waals surface area contributed by atoms with E-state index in [0.29, 0.717) is 0 Å². The van der Waals surface area contributed by atoms with Crippen molar-refractivity contribution >= 4 is 38.0 Å². The fourth-order valence-electron chi connectivity index (χ4n) is 2.10. The van der Waals surface area contributed by atoms with E-state index in [-0.39, 0.29) is 5.69 Å². The molecule has 22 heavy (non-hydrogen) atoms. The summed E-state index contributed by atoms with van der Waals surface area (Å²) >= 11 is 0. The average molecular weight is 328 g/mol. The minimum absolute atomic E-state index is 0.0170. The molecule has 0 saturated carbocycles. The number of nitro groups is 1. The molecule has 0 fully saturated rings. The molecular formula is C16H12N2O2S2. The van der Waals surface area contributed by atoms with Crippen LogP contribution in [0.5, 0.6) is 0 Å². The van der Waals surface area contributed by atoms with E-state index in [1.165, 1.54) is 39.4 Å². The minimum atomic E-state index is -0.440. The second-order valence-corrected chi connectivity index (χ2v) is 6.91. The lowest BCUT2D eigenvalue weighted by atomic mass is 10.1. The number of nitrogens with zero attached hydrogens (tertiary/aromatic N) is 2. The molecule has 110 valence electrons. The Labute approximate surface area is 135 Å². The Bertz CT molecular complexity index is 801. The van der Waals surface area contributed by atoms with Gasteiger partial charge in [-0.3, -0.25) is 10.1 Å². The first-order valence-corrected chi connectivity index (χ1v) is 8.92. The van der Waals surface area contributed by atoms with Gasteiger partial charge in [-0.2, -0.15) is 0 Å². The van der Waals surface area contributed by atoms with Gasteiger partial charge < -0.3 is 0 Å². The van der Waals surface area contributed by atoms with Crippen LogP contribution in [-0.4, -0.2) is 9.91 Å². The molecule has 4 nitrogen and oxygen atoms in total. The van der Waals surface area contributed by atoms with Gasteiger partial charge in [0.2, 0.25) is 0 Å². The zero-order valence-electron chi connectivity index (χ0n) is 11.5. The van der Waals surface area contributed by atoms with Gasteiger partial charge in [-0.1, -0.05) is 53.3 Å². The smallest absolute Gasteiger partial charge is 0.258 e. The summed E-state index contributed by atoms with van der Waals surface area (Å²) < 4.78 is 0. The van der Waals surface area contributed by atoms with Gasteiger partial charge in [0.15, 0.2) is 0 Å². The van der Waals surface area contributed by atoms with Crippen LogP contribution in [0.1, 0.15) is 5.56 Å². The van der Waals surface area contributed by atoms with E-state index in [1.807, 2.05) is 12.1 Å². The normalized spacial score (nSPS) is 10.7. The van der Waals surface area contributed by atoms with Crippen molar-refractivity contribution in [2.45, 2.75) is 10.8 Å². The van der Waals surface area contributed by atoms with Crippen molar-refractivity contribution in [3.8, 4) is 0 Å². The van der Waals surface area contributed by atoms with Gasteiger partial charge in [0.25, 0.3) is 5.69 Å². The number of hydrogen-bond donors (Lipinski definition) is 0. The van der Waals surface area contributed by atoms with E-state index in [9.17, 15) is 10.1 Å². The highest BCUT2D eigenvalue weighted by Gasteiger charge is 2.06. The van der Waals surface area contributed by atoms with Crippen molar-refractivity contribution in [3.63, 3.8) is 0 Å². The van der Waals surface area contributed by atoms with Gasteiger partial charge in [-0.25, -0.2) is 4.98 Å². The lowest BCUT2D eigenvalue weighted by Crippen LogP contribution is -1.88. The molecule has 0 atom stereocenters. The largest absolute Gasteiger partial charge is 0.287 e. The highest BCUT2D eigenvalue weighted by atomic mass is 33.1. The SMILES string of the molecule is O=[N+]([O-])c1ccc(SSCc2cccc3ccccc23)nc1. The fourth-order valence-corrected chi connectivity index (χ4v) is 4.09. The summed E-state index contributed by atoms with van der Waals surface area (Å²) in [7, 11) is 3.20. The summed E-state index contributed by atoms with van der Waals surface area (Å²) in [4.78, 5) is 14.2. The summed E-state index contributed by atoms with van der Waals surface area (Å²) in [5, 5.41) is 13.9. The van der Waals surface area contributed by atoms with Gasteiger partial charge >= 0.3 is 0 Å². The Balaban J connectivity index is 1.66. The first-order valence-electron chi connectivity index (χ1n) is 6.60. The van der Waals surface area contributed by atoms with Crippen molar-refractivity contribution in [1.82, 2.24) is 4.98 Å². The molecule has 3 aromatic rings. The molecule has 3 rings (SSSR count). The van der Waals surface area contributed by atoms with E-state index in [4.69, 9.17) is 0 Å². The fraction of sp³-hybridized carbons (Fsp3) is 0.0625. The molecule has 0 bridgehead atoms. The first-order chi connectivity index (χ1) is 10.7. The van der Waals surface area contributed by atoms with E-state index < -0.39 is 4.92 Å². The number of hydrogen-bond acceptors (Lipinski definition) is 5. The van der Waals surface area contributed by atoms with Crippen LogP contribution in [0.4, 0.5) is 5.69 Å². The number of pyridine rings is 1. The predicted octanol–water partition coefficient (Wildman–Crippen LogP) is 5.08. The van der Waals surface area contributed by atoms with E-state index in [0.717, 1.165) is 10.8 Å². The Morgan fingerprint density at radius 3 is 2.64 bits per heavy atom. The highest BCUT2D eigenvalue weighted by molar-refractivity contribution is 8.76. The zero-order valence-corrected chi connectivity index (χ0v) is 13.1. The van der Waals surface area contributed by atoms with Gasteiger partial charge in [0.05, 0.1) is 4.92 Å². The maximum absolute atomic E-state index is 10.6. The van der Waals surface area contributed by atoms with Crippen molar-refractivity contribution in [1.29, 1.82) is 0 Å². The third-order valence-electron chi connectivity index (χ3n) is 3.17. The second-order valence-electron chi connectivity index (χ2n) is 4.60. The minimum Gasteiger partial charge on any atom is -0.258 e. The van der Waals surface area contributed by atoms with E-state index in [1.54, 1.807) is 16.9 Å². The van der Waals surface area contributed by atoms with Crippen LogP contribution in [0.3, 0.4) is 0 Å². The Hall–Kier alpha value is -2.05. The molecule has 2 aromatic carbocycles. The van der Waals surface area contributed by atoms with Crippen LogP contribution < -0.4 is 0 Å². The molecule has 6 heteroatoms. The lowest BCUT2D eigenvalue weighted by molar-refractivity contribution is -0.385. The molecule has 0 amide bonds. The molecule has 1 aromatic heterocycles. The second kappa shape index (κ2) is 6.81. The summed E-state index contributed by atoms with van der Waals surface area (Å²) in [6.45, 7) is 0. The van der Waals surface area contributed by atoms with Gasteiger partial charge in [-0.05, 0) is 33.2 Å². The number of aromatic nitrogens is 1. The van der Waals surface area contributed by atoms with Gasteiger partial charge in [0.1, 0.15) is 11.2 Å². The Morgan fingerprint density at radius 1 is 1.05 bits per heavy atom. The lowest BCUT2D eigenvalue weighted by Gasteiger charge is -2.05. The van der Waals surface area contributed by atoms with Crippen molar-refractivity contribution in [2.75, 3.05) is 0 Å².